The Morgan fingerprint density at radius 2 is 2.12 bits per heavy atom. The van der Waals surface area contributed by atoms with E-state index in [1.165, 1.54) is 18.4 Å². The molecule has 0 aliphatic rings. The lowest BCUT2D eigenvalue weighted by atomic mass is 10.1. The maximum Gasteiger partial charge on any atom is 0.350 e. The fourth-order valence-electron chi connectivity index (χ4n) is 2.53. The molecular weight excluding hydrogens is 328 g/mol. The van der Waals surface area contributed by atoms with E-state index >= 15 is 0 Å². The molecule has 0 spiro atoms. The fourth-order valence-corrected chi connectivity index (χ4v) is 3.30. The van der Waals surface area contributed by atoms with Crippen LogP contribution in [0.15, 0.2) is 11.4 Å². The molecule has 2 N–H and O–H groups in total. The van der Waals surface area contributed by atoms with Crippen LogP contribution in [0.25, 0.3) is 0 Å². The zero-order valence-electron chi connectivity index (χ0n) is 14.3. The number of carbonyl (C=O) groups excluding carboxylic acids is 2. The van der Waals surface area contributed by atoms with E-state index in [9.17, 15) is 9.59 Å². The summed E-state index contributed by atoms with van der Waals surface area (Å²) in [7, 11) is 1.31. The van der Waals surface area contributed by atoms with Crippen molar-refractivity contribution in [3.05, 3.63) is 33.3 Å². The van der Waals surface area contributed by atoms with Crippen LogP contribution in [0, 0.1) is 13.8 Å². The number of rotatable bonds is 6. The minimum absolute atomic E-state index is 0.350. The molecule has 2 amide bonds. The highest BCUT2D eigenvalue weighted by Crippen LogP contribution is 2.22. The Morgan fingerprint density at radius 1 is 1.38 bits per heavy atom. The monoisotopic (exact) mass is 350 g/mol. The first-order valence-electron chi connectivity index (χ1n) is 7.71. The van der Waals surface area contributed by atoms with Crippen LogP contribution in [0.2, 0.25) is 0 Å². The van der Waals surface area contributed by atoms with Crippen molar-refractivity contribution in [3.63, 3.8) is 0 Å². The van der Waals surface area contributed by atoms with Gasteiger partial charge < -0.3 is 15.4 Å². The lowest BCUT2D eigenvalue weighted by molar-refractivity contribution is 0.0607. The third-order valence-electron chi connectivity index (χ3n) is 3.78. The SMILES string of the molecule is CCn1nc(C)c(CCNC(=O)Nc2ccsc2C(=O)OC)c1C. The Balaban J connectivity index is 1.90. The van der Waals surface area contributed by atoms with Crippen LogP contribution in [0.3, 0.4) is 0 Å². The normalized spacial score (nSPS) is 10.5. The van der Waals surface area contributed by atoms with Crippen LogP contribution in [0.5, 0.6) is 0 Å². The van der Waals surface area contributed by atoms with Crippen LogP contribution >= 0.6 is 11.3 Å². The van der Waals surface area contributed by atoms with Gasteiger partial charge >= 0.3 is 12.0 Å². The molecule has 0 unspecified atom stereocenters. The molecule has 0 saturated carbocycles. The quantitative estimate of drug-likeness (QED) is 0.785. The predicted octanol–water partition coefficient (Wildman–Crippen LogP) is 2.73. The van der Waals surface area contributed by atoms with Crippen LogP contribution in [0.1, 0.15) is 33.5 Å². The molecule has 8 heteroatoms. The number of thiophene rings is 1. The summed E-state index contributed by atoms with van der Waals surface area (Å²) in [5, 5.41) is 11.7. The third kappa shape index (κ3) is 3.94. The highest BCUT2D eigenvalue weighted by Gasteiger charge is 2.16. The summed E-state index contributed by atoms with van der Waals surface area (Å²) in [6.07, 6.45) is 0.707. The molecule has 2 rings (SSSR count). The minimum Gasteiger partial charge on any atom is -0.465 e. The van der Waals surface area contributed by atoms with E-state index in [0.717, 1.165) is 23.5 Å². The summed E-state index contributed by atoms with van der Waals surface area (Å²) in [6.45, 7) is 7.37. The molecule has 2 heterocycles. The van der Waals surface area contributed by atoms with Crippen LogP contribution in [0.4, 0.5) is 10.5 Å². The summed E-state index contributed by atoms with van der Waals surface area (Å²) in [6, 6.07) is 1.33. The van der Waals surface area contributed by atoms with Gasteiger partial charge in [0, 0.05) is 18.8 Å². The van der Waals surface area contributed by atoms with Crippen molar-refractivity contribution in [1.29, 1.82) is 0 Å². The van der Waals surface area contributed by atoms with Crippen molar-refractivity contribution >= 4 is 29.0 Å². The topological polar surface area (TPSA) is 85.3 Å². The van der Waals surface area contributed by atoms with E-state index < -0.39 is 5.97 Å². The molecule has 2 aromatic heterocycles. The molecule has 0 aliphatic heterocycles. The molecule has 0 bridgehead atoms. The summed E-state index contributed by atoms with van der Waals surface area (Å²) in [5.41, 5.74) is 3.73. The molecule has 0 saturated heterocycles. The molecule has 24 heavy (non-hydrogen) atoms. The van der Waals surface area contributed by atoms with Gasteiger partial charge in [0.1, 0.15) is 4.88 Å². The van der Waals surface area contributed by atoms with E-state index in [0.29, 0.717) is 23.5 Å². The number of ether oxygens (including phenoxy) is 1. The van der Waals surface area contributed by atoms with Gasteiger partial charge in [-0.05, 0) is 44.2 Å². The highest BCUT2D eigenvalue weighted by molar-refractivity contribution is 7.12. The van der Waals surface area contributed by atoms with Crippen LogP contribution < -0.4 is 10.6 Å². The van der Waals surface area contributed by atoms with E-state index in [4.69, 9.17) is 0 Å². The summed E-state index contributed by atoms with van der Waals surface area (Å²) >= 11 is 1.23. The van der Waals surface area contributed by atoms with E-state index in [-0.39, 0.29) is 6.03 Å². The van der Waals surface area contributed by atoms with E-state index in [1.807, 2.05) is 18.5 Å². The molecule has 130 valence electrons. The average Bonchev–Trinajstić information content (AvgIpc) is 3.12. The Hall–Kier alpha value is -2.35. The minimum atomic E-state index is -0.460. The number of methoxy groups -OCH3 is 1. The Labute approximate surface area is 145 Å². The number of aromatic nitrogens is 2. The van der Waals surface area contributed by atoms with Gasteiger partial charge in [-0.25, -0.2) is 9.59 Å². The molecule has 2 aromatic rings. The Kier molecular flexibility index (Phi) is 5.97. The predicted molar refractivity (Wildman–Crippen MR) is 93.8 cm³/mol. The number of aryl methyl sites for hydroxylation is 2. The van der Waals surface area contributed by atoms with Crippen molar-refractivity contribution in [2.75, 3.05) is 19.0 Å². The lowest BCUT2D eigenvalue weighted by Crippen LogP contribution is -2.31. The number of carbonyl (C=O) groups is 2. The highest BCUT2D eigenvalue weighted by atomic mass is 32.1. The van der Waals surface area contributed by atoms with Gasteiger partial charge in [-0.15, -0.1) is 11.3 Å². The first-order chi connectivity index (χ1) is 11.5. The van der Waals surface area contributed by atoms with Gasteiger partial charge in [0.15, 0.2) is 0 Å². The second kappa shape index (κ2) is 7.96. The number of hydrogen-bond acceptors (Lipinski definition) is 5. The van der Waals surface area contributed by atoms with Gasteiger partial charge in [-0.1, -0.05) is 0 Å². The molecule has 0 aromatic carbocycles. The average molecular weight is 350 g/mol. The Morgan fingerprint density at radius 3 is 2.75 bits per heavy atom. The summed E-state index contributed by atoms with van der Waals surface area (Å²) < 4.78 is 6.64. The summed E-state index contributed by atoms with van der Waals surface area (Å²) in [5.74, 6) is -0.460. The number of amides is 2. The zero-order valence-corrected chi connectivity index (χ0v) is 15.1. The Bertz CT molecular complexity index is 736. The van der Waals surface area contributed by atoms with Crippen LogP contribution in [-0.2, 0) is 17.7 Å². The van der Waals surface area contributed by atoms with Gasteiger partial charge in [-0.3, -0.25) is 4.68 Å². The van der Waals surface area contributed by atoms with Crippen molar-refractivity contribution < 1.29 is 14.3 Å². The van der Waals surface area contributed by atoms with E-state index in [2.05, 4.69) is 27.4 Å². The zero-order chi connectivity index (χ0) is 17.7. The second-order valence-corrected chi connectivity index (χ2v) is 6.17. The molecule has 0 fully saturated rings. The molecule has 0 aliphatic carbocycles. The standard InChI is InChI=1S/C16H22N4O3S/c1-5-20-11(3)12(10(2)19-20)6-8-17-16(22)18-13-7-9-24-14(13)15(21)23-4/h7,9H,5-6,8H2,1-4H3,(H2,17,18,22). The van der Waals surface area contributed by atoms with E-state index in [1.54, 1.807) is 11.4 Å². The maximum atomic E-state index is 12.0. The molecule has 7 nitrogen and oxygen atoms in total. The lowest BCUT2D eigenvalue weighted by Gasteiger charge is -2.08. The van der Waals surface area contributed by atoms with Gasteiger partial charge in [0.2, 0.25) is 0 Å². The number of esters is 1. The molecule has 0 radical (unpaired) electrons. The number of nitrogens with one attached hydrogen (secondary N) is 2. The number of nitrogens with zero attached hydrogens (tertiary/aromatic N) is 2. The number of urea groups is 1. The second-order valence-electron chi connectivity index (χ2n) is 5.25. The van der Waals surface area contributed by atoms with Crippen molar-refractivity contribution in [1.82, 2.24) is 15.1 Å². The first kappa shape index (κ1) is 18.0. The third-order valence-corrected chi connectivity index (χ3v) is 4.67. The van der Waals surface area contributed by atoms with Gasteiger partial charge in [0.25, 0.3) is 0 Å². The first-order valence-corrected chi connectivity index (χ1v) is 8.59. The molecule has 0 atom stereocenters. The van der Waals surface area contributed by atoms with Gasteiger partial charge in [0.05, 0.1) is 18.5 Å². The summed E-state index contributed by atoms with van der Waals surface area (Å²) in [4.78, 5) is 24.0. The number of hydrogen-bond donors (Lipinski definition) is 2. The number of anilines is 1. The molecular formula is C16H22N4O3S. The maximum absolute atomic E-state index is 12.0. The van der Waals surface area contributed by atoms with Crippen molar-refractivity contribution in [2.24, 2.45) is 0 Å². The van der Waals surface area contributed by atoms with Gasteiger partial charge in [-0.2, -0.15) is 5.10 Å². The fraction of sp³-hybridized carbons (Fsp3) is 0.438. The largest absolute Gasteiger partial charge is 0.465 e. The van der Waals surface area contributed by atoms with Crippen LogP contribution in [-0.4, -0.2) is 35.4 Å². The van der Waals surface area contributed by atoms with Crippen molar-refractivity contribution in [3.8, 4) is 0 Å². The van der Waals surface area contributed by atoms with Crippen molar-refractivity contribution in [2.45, 2.75) is 33.7 Å². The smallest absolute Gasteiger partial charge is 0.350 e.